The van der Waals surface area contributed by atoms with Crippen LogP contribution in [0.2, 0.25) is 0 Å². The summed E-state index contributed by atoms with van der Waals surface area (Å²) in [6, 6.07) is 9.14. The maximum absolute atomic E-state index is 11.6. The molecule has 0 amide bonds. The van der Waals surface area contributed by atoms with Gasteiger partial charge in [-0.1, -0.05) is 12.1 Å². The molecule has 0 saturated carbocycles. The molecule has 0 atom stereocenters. The molecule has 0 radical (unpaired) electrons. The molecule has 2 aromatic rings. The minimum absolute atomic E-state index is 0.0409. The summed E-state index contributed by atoms with van der Waals surface area (Å²) in [6.07, 6.45) is 0. The Hall–Kier alpha value is -1.61. The van der Waals surface area contributed by atoms with Crippen LogP contribution in [0.3, 0.4) is 0 Å². The molecular formula is C11H12N2O. The van der Waals surface area contributed by atoms with E-state index in [4.69, 9.17) is 5.73 Å². The first kappa shape index (κ1) is 8.97. The Bertz CT molecular complexity index is 528. The third-order valence-corrected chi connectivity index (χ3v) is 2.47. The normalized spacial score (nSPS) is 10.7. The number of benzene rings is 1. The minimum Gasteiger partial charge on any atom is -0.346 e. The minimum atomic E-state index is 0.0409. The van der Waals surface area contributed by atoms with Crippen LogP contribution >= 0.6 is 0 Å². The quantitative estimate of drug-likeness (QED) is 0.725. The van der Waals surface area contributed by atoms with E-state index in [0.717, 1.165) is 16.6 Å². The van der Waals surface area contributed by atoms with Crippen molar-refractivity contribution in [3.63, 3.8) is 0 Å². The third-order valence-electron chi connectivity index (χ3n) is 2.47. The first-order valence-electron chi connectivity index (χ1n) is 4.52. The third kappa shape index (κ3) is 1.22. The van der Waals surface area contributed by atoms with Gasteiger partial charge in [0.2, 0.25) is 0 Å². The molecule has 2 N–H and O–H groups in total. The fraction of sp³-hybridized carbons (Fsp3) is 0.182. The van der Waals surface area contributed by atoms with E-state index in [-0.39, 0.29) is 5.43 Å². The molecule has 0 bridgehead atoms. The van der Waals surface area contributed by atoms with Crippen molar-refractivity contribution >= 4 is 10.9 Å². The van der Waals surface area contributed by atoms with Gasteiger partial charge in [-0.15, -0.1) is 0 Å². The highest BCUT2D eigenvalue weighted by molar-refractivity contribution is 5.79. The molecule has 2 rings (SSSR count). The van der Waals surface area contributed by atoms with Crippen LogP contribution in [0.25, 0.3) is 10.9 Å². The van der Waals surface area contributed by atoms with Crippen LogP contribution in [0.1, 0.15) is 5.69 Å². The van der Waals surface area contributed by atoms with E-state index in [0.29, 0.717) is 6.54 Å². The van der Waals surface area contributed by atoms with E-state index in [1.165, 1.54) is 0 Å². The lowest BCUT2D eigenvalue weighted by atomic mass is 10.2. The van der Waals surface area contributed by atoms with Crippen molar-refractivity contribution in [2.75, 3.05) is 0 Å². The van der Waals surface area contributed by atoms with Gasteiger partial charge in [-0.3, -0.25) is 4.79 Å². The summed E-state index contributed by atoms with van der Waals surface area (Å²) in [5, 5.41) is 0.743. The fourth-order valence-electron chi connectivity index (χ4n) is 1.65. The number of aromatic nitrogens is 1. The molecule has 0 aliphatic heterocycles. The second-order valence-electron chi connectivity index (χ2n) is 3.28. The average molecular weight is 188 g/mol. The summed E-state index contributed by atoms with van der Waals surface area (Å²) in [5.41, 5.74) is 7.38. The Morgan fingerprint density at radius 2 is 2.07 bits per heavy atom. The molecule has 14 heavy (non-hydrogen) atoms. The number of rotatable bonds is 1. The molecule has 3 nitrogen and oxygen atoms in total. The summed E-state index contributed by atoms with van der Waals surface area (Å²) in [5.74, 6) is 0. The van der Waals surface area contributed by atoms with Gasteiger partial charge >= 0.3 is 0 Å². The van der Waals surface area contributed by atoms with Crippen molar-refractivity contribution in [3.8, 4) is 0 Å². The Morgan fingerprint density at radius 1 is 1.36 bits per heavy atom. The van der Waals surface area contributed by atoms with Crippen LogP contribution in [-0.2, 0) is 13.6 Å². The molecular weight excluding hydrogens is 176 g/mol. The number of pyridine rings is 1. The first-order chi connectivity index (χ1) is 6.74. The van der Waals surface area contributed by atoms with Crippen molar-refractivity contribution < 1.29 is 0 Å². The molecule has 0 aliphatic carbocycles. The lowest BCUT2D eigenvalue weighted by Gasteiger charge is -2.09. The highest BCUT2D eigenvalue weighted by Gasteiger charge is 2.03. The van der Waals surface area contributed by atoms with Crippen molar-refractivity contribution in [3.05, 3.63) is 46.2 Å². The maximum atomic E-state index is 11.6. The van der Waals surface area contributed by atoms with Gasteiger partial charge < -0.3 is 10.3 Å². The second-order valence-corrected chi connectivity index (χ2v) is 3.28. The number of hydrogen-bond donors (Lipinski definition) is 1. The van der Waals surface area contributed by atoms with Crippen molar-refractivity contribution in [2.24, 2.45) is 12.8 Å². The fourth-order valence-corrected chi connectivity index (χ4v) is 1.65. The summed E-state index contributed by atoms with van der Waals surface area (Å²) < 4.78 is 1.96. The molecule has 0 unspecified atom stereocenters. The van der Waals surface area contributed by atoms with Gasteiger partial charge in [0.25, 0.3) is 0 Å². The largest absolute Gasteiger partial charge is 0.346 e. The number of hydrogen-bond acceptors (Lipinski definition) is 2. The van der Waals surface area contributed by atoms with E-state index < -0.39 is 0 Å². The smallest absolute Gasteiger partial charge is 0.189 e. The predicted octanol–water partition coefficient (Wildman–Crippen LogP) is 0.997. The maximum Gasteiger partial charge on any atom is 0.189 e. The summed E-state index contributed by atoms with van der Waals surface area (Å²) in [7, 11) is 1.92. The first-order valence-corrected chi connectivity index (χ1v) is 4.52. The van der Waals surface area contributed by atoms with Crippen LogP contribution in [0.5, 0.6) is 0 Å². The number of para-hydroxylation sites is 1. The lowest BCUT2D eigenvalue weighted by Crippen LogP contribution is -2.14. The van der Waals surface area contributed by atoms with Crippen LogP contribution < -0.4 is 11.2 Å². The Labute approximate surface area is 81.8 Å². The molecule has 0 saturated heterocycles. The standard InChI is InChI=1S/C11H12N2O/c1-13-8(7-12)6-11(14)9-4-2-3-5-10(9)13/h2-6H,7,12H2,1H3. The monoisotopic (exact) mass is 188 g/mol. The van der Waals surface area contributed by atoms with Crippen molar-refractivity contribution in [1.82, 2.24) is 4.57 Å². The Kier molecular flexibility index (Phi) is 2.09. The predicted molar refractivity (Wildman–Crippen MR) is 57.1 cm³/mol. The van der Waals surface area contributed by atoms with Crippen LogP contribution in [0.15, 0.2) is 35.1 Å². The number of nitrogens with zero attached hydrogens (tertiary/aromatic N) is 1. The zero-order valence-corrected chi connectivity index (χ0v) is 8.03. The topological polar surface area (TPSA) is 48.0 Å². The number of aryl methyl sites for hydroxylation is 1. The number of nitrogens with two attached hydrogens (primary N) is 1. The molecule has 0 aliphatic rings. The van der Waals surface area contributed by atoms with Gasteiger partial charge in [0.15, 0.2) is 5.43 Å². The van der Waals surface area contributed by atoms with Gasteiger partial charge in [0.1, 0.15) is 0 Å². The number of fused-ring (bicyclic) bond motifs is 1. The highest BCUT2D eigenvalue weighted by Crippen LogP contribution is 2.10. The SMILES string of the molecule is Cn1c(CN)cc(=O)c2ccccc21. The molecule has 3 heteroatoms. The van der Waals surface area contributed by atoms with E-state index in [1.807, 2.05) is 35.9 Å². The lowest BCUT2D eigenvalue weighted by molar-refractivity contribution is 0.832. The van der Waals surface area contributed by atoms with Crippen LogP contribution in [0, 0.1) is 0 Å². The van der Waals surface area contributed by atoms with Crippen molar-refractivity contribution in [2.45, 2.75) is 6.54 Å². The van der Waals surface area contributed by atoms with E-state index in [1.54, 1.807) is 6.07 Å². The van der Waals surface area contributed by atoms with E-state index in [2.05, 4.69) is 0 Å². The zero-order valence-electron chi connectivity index (χ0n) is 8.03. The summed E-state index contributed by atoms with van der Waals surface area (Å²) in [6.45, 7) is 0.385. The van der Waals surface area contributed by atoms with Gasteiger partial charge in [0.05, 0.1) is 5.52 Å². The van der Waals surface area contributed by atoms with Crippen LogP contribution in [0.4, 0.5) is 0 Å². The molecule has 1 aromatic heterocycles. The highest BCUT2D eigenvalue weighted by atomic mass is 16.1. The second kappa shape index (κ2) is 3.27. The molecule has 72 valence electrons. The van der Waals surface area contributed by atoms with Gasteiger partial charge in [0, 0.05) is 30.7 Å². The van der Waals surface area contributed by atoms with E-state index >= 15 is 0 Å². The molecule has 1 aromatic carbocycles. The Balaban J connectivity index is 2.95. The van der Waals surface area contributed by atoms with Gasteiger partial charge in [-0.05, 0) is 12.1 Å². The summed E-state index contributed by atoms with van der Waals surface area (Å²) in [4.78, 5) is 11.6. The van der Waals surface area contributed by atoms with Gasteiger partial charge in [-0.25, -0.2) is 0 Å². The van der Waals surface area contributed by atoms with Gasteiger partial charge in [-0.2, -0.15) is 0 Å². The average Bonchev–Trinajstić information content (AvgIpc) is 2.23. The zero-order chi connectivity index (χ0) is 10.1. The molecule has 0 fully saturated rings. The molecule has 0 spiro atoms. The molecule has 1 heterocycles. The summed E-state index contributed by atoms with van der Waals surface area (Å²) >= 11 is 0. The Morgan fingerprint density at radius 3 is 2.79 bits per heavy atom. The van der Waals surface area contributed by atoms with Crippen molar-refractivity contribution in [1.29, 1.82) is 0 Å². The van der Waals surface area contributed by atoms with E-state index in [9.17, 15) is 4.79 Å². The van der Waals surface area contributed by atoms with Crippen LogP contribution in [-0.4, -0.2) is 4.57 Å².